The second kappa shape index (κ2) is 9.22. The van der Waals surface area contributed by atoms with Crippen LogP contribution in [0.15, 0.2) is 48.5 Å². The van der Waals surface area contributed by atoms with Crippen LogP contribution in [0.1, 0.15) is 15.9 Å². The van der Waals surface area contributed by atoms with Gasteiger partial charge in [-0.05, 0) is 42.8 Å². The zero-order chi connectivity index (χ0) is 18.9. The Morgan fingerprint density at radius 2 is 1.65 bits per heavy atom. The number of benzene rings is 2. The highest BCUT2D eigenvalue weighted by atomic mass is 16.6. The van der Waals surface area contributed by atoms with Crippen molar-refractivity contribution in [3.8, 4) is 5.75 Å². The molecule has 1 N–H and O–H groups in total. The van der Waals surface area contributed by atoms with E-state index in [-0.39, 0.29) is 6.61 Å². The van der Waals surface area contributed by atoms with E-state index < -0.39 is 24.5 Å². The van der Waals surface area contributed by atoms with Gasteiger partial charge >= 0.3 is 11.9 Å². The normalized spacial score (nSPS) is 9.92. The fourth-order valence-corrected chi connectivity index (χ4v) is 2.05. The second-order valence-corrected chi connectivity index (χ2v) is 5.33. The van der Waals surface area contributed by atoms with Gasteiger partial charge in [0.2, 0.25) is 0 Å². The van der Waals surface area contributed by atoms with Crippen molar-refractivity contribution in [1.29, 1.82) is 0 Å². The van der Waals surface area contributed by atoms with Gasteiger partial charge in [-0.15, -0.1) is 0 Å². The number of esters is 2. The minimum absolute atomic E-state index is 0.286. The minimum Gasteiger partial charge on any atom is -0.482 e. The Balaban J connectivity index is 1.75. The summed E-state index contributed by atoms with van der Waals surface area (Å²) >= 11 is 0. The van der Waals surface area contributed by atoms with Gasteiger partial charge in [-0.2, -0.15) is 0 Å². The molecule has 0 fully saturated rings. The summed E-state index contributed by atoms with van der Waals surface area (Å²) in [4.78, 5) is 34.8. The van der Waals surface area contributed by atoms with Crippen LogP contribution < -0.4 is 10.1 Å². The van der Waals surface area contributed by atoms with Gasteiger partial charge in [0, 0.05) is 5.69 Å². The standard InChI is InChI=1S/C19H19NO6/c1-13-5-3-4-6-16(13)25-12-18(22)26-11-17(21)20-15-9-7-14(8-10-15)19(23)24-2/h3-10H,11-12H2,1-2H3,(H,20,21). The highest BCUT2D eigenvalue weighted by molar-refractivity contribution is 5.94. The van der Waals surface area contributed by atoms with E-state index in [0.29, 0.717) is 17.0 Å². The average Bonchev–Trinajstić information content (AvgIpc) is 2.65. The van der Waals surface area contributed by atoms with Crippen LogP contribution >= 0.6 is 0 Å². The maximum Gasteiger partial charge on any atom is 0.344 e. The van der Waals surface area contributed by atoms with E-state index in [9.17, 15) is 14.4 Å². The van der Waals surface area contributed by atoms with Gasteiger partial charge in [0.05, 0.1) is 12.7 Å². The van der Waals surface area contributed by atoms with E-state index in [1.54, 1.807) is 24.3 Å². The molecule has 0 saturated heterocycles. The maximum absolute atomic E-state index is 11.8. The summed E-state index contributed by atoms with van der Waals surface area (Å²) in [5, 5.41) is 2.56. The number of anilines is 1. The van der Waals surface area contributed by atoms with E-state index in [1.807, 2.05) is 19.1 Å². The molecule has 0 aliphatic heterocycles. The number of methoxy groups -OCH3 is 1. The first-order valence-corrected chi connectivity index (χ1v) is 7.82. The number of carbonyl (C=O) groups excluding carboxylic acids is 3. The number of amides is 1. The molecule has 2 rings (SSSR count). The van der Waals surface area contributed by atoms with E-state index >= 15 is 0 Å². The summed E-state index contributed by atoms with van der Waals surface area (Å²) in [6.07, 6.45) is 0. The van der Waals surface area contributed by atoms with Gasteiger partial charge in [-0.3, -0.25) is 4.79 Å². The van der Waals surface area contributed by atoms with Crippen LogP contribution in [0.2, 0.25) is 0 Å². The van der Waals surface area contributed by atoms with E-state index in [2.05, 4.69) is 10.1 Å². The summed E-state index contributed by atoms with van der Waals surface area (Å²) in [7, 11) is 1.29. The Kier molecular flexibility index (Phi) is 6.73. The lowest BCUT2D eigenvalue weighted by Crippen LogP contribution is -2.23. The molecule has 1 amide bonds. The van der Waals surface area contributed by atoms with Crippen LogP contribution in [0.3, 0.4) is 0 Å². The van der Waals surface area contributed by atoms with Crippen LogP contribution in [-0.2, 0) is 19.1 Å². The molecular formula is C19H19NO6. The average molecular weight is 357 g/mol. The second-order valence-electron chi connectivity index (χ2n) is 5.33. The summed E-state index contributed by atoms with van der Waals surface area (Å²) in [6.45, 7) is 1.14. The molecule has 7 heteroatoms. The third-order valence-electron chi connectivity index (χ3n) is 3.39. The Morgan fingerprint density at radius 3 is 2.31 bits per heavy atom. The fraction of sp³-hybridized carbons (Fsp3) is 0.211. The predicted octanol–water partition coefficient (Wildman–Crippen LogP) is 2.34. The number of rotatable bonds is 7. The zero-order valence-corrected chi connectivity index (χ0v) is 14.5. The summed E-state index contributed by atoms with van der Waals surface area (Å²) < 4.78 is 14.8. The van der Waals surface area contributed by atoms with Crippen LogP contribution in [-0.4, -0.2) is 38.2 Å². The Morgan fingerprint density at radius 1 is 0.962 bits per heavy atom. The van der Waals surface area contributed by atoms with Gasteiger partial charge in [0.15, 0.2) is 13.2 Å². The summed E-state index contributed by atoms with van der Waals surface area (Å²) in [6, 6.07) is 13.4. The van der Waals surface area contributed by atoms with Crippen molar-refractivity contribution in [2.75, 3.05) is 25.6 Å². The minimum atomic E-state index is -0.649. The highest BCUT2D eigenvalue weighted by Crippen LogP contribution is 2.16. The van der Waals surface area contributed by atoms with Crippen molar-refractivity contribution in [2.24, 2.45) is 0 Å². The van der Waals surface area contributed by atoms with Crippen molar-refractivity contribution >= 4 is 23.5 Å². The van der Waals surface area contributed by atoms with Gasteiger partial charge in [0.1, 0.15) is 5.75 Å². The molecule has 2 aromatic rings. The van der Waals surface area contributed by atoms with Crippen LogP contribution in [0.25, 0.3) is 0 Å². The lowest BCUT2D eigenvalue weighted by atomic mass is 10.2. The van der Waals surface area contributed by atoms with Crippen LogP contribution in [0.5, 0.6) is 5.75 Å². The molecular weight excluding hydrogens is 338 g/mol. The number of hydrogen-bond donors (Lipinski definition) is 1. The molecule has 0 unspecified atom stereocenters. The molecule has 0 atom stereocenters. The number of aryl methyl sites for hydroxylation is 1. The number of nitrogens with one attached hydrogen (secondary N) is 1. The van der Waals surface area contributed by atoms with Gasteiger partial charge < -0.3 is 19.5 Å². The largest absolute Gasteiger partial charge is 0.482 e. The lowest BCUT2D eigenvalue weighted by Gasteiger charge is -2.09. The molecule has 0 saturated carbocycles. The van der Waals surface area contributed by atoms with Gasteiger partial charge in [-0.25, -0.2) is 9.59 Å². The summed E-state index contributed by atoms with van der Waals surface area (Å²) in [5.74, 6) is -1.03. The number of hydrogen-bond acceptors (Lipinski definition) is 6. The molecule has 0 aromatic heterocycles. The fourth-order valence-electron chi connectivity index (χ4n) is 2.05. The van der Waals surface area contributed by atoms with Crippen molar-refractivity contribution in [3.05, 3.63) is 59.7 Å². The number of para-hydroxylation sites is 1. The third kappa shape index (κ3) is 5.62. The highest BCUT2D eigenvalue weighted by Gasteiger charge is 2.10. The molecule has 0 heterocycles. The van der Waals surface area contributed by atoms with Crippen molar-refractivity contribution in [3.63, 3.8) is 0 Å². The number of ether oxygens (including phenoxy) is 3. The van der Waals surface area contributed by atoms with E-state index in [4.69, 9.17) is 9.47 Å². The van der Waals surface area contributed by atoms with Crippen LogP contribution in [0.4, 0.5) is 5.69 Å². The van der Waals surface area contributed by atoms with Crippen molar-refractivity contribution in [1.82, 2.24) is 0 Å². The topological polar surface area (TPSA) is 90.9 Å². The molecule has 2 aromatic carbocycles. The molecule has 0 spiro atoms. The molecule has 0 aliphatic carbocycles. The smallest absolute Gasteiger partial charge is 0.344 e. The first-order chi connectivity index (χ1) is 12.5. The molecule has 136 valence electrons. The molecule has 26 heavy (non-hydrogen) atoms. The van der Waals surface area contributed by atoms with Crippen LogP contribution in [0, 0.1) is 6.92 Å². The molecule has 0 aliphatic rings. The predicted molar refractivity (Wildman–Crippen MR) is 94.0 cm³/mol. The number of carbonyl (C=O) groups is 3. The molecule has 7 nitrogen and oxygen atoms in total. The van der Waals surface area contributed by atoms with Crippen molar-refractivity contribution in [2.45, 2.75) is 6.92 Å². The SMILES string of the molecule is COC(=O)c1ccc(NC(=O)COC(=O)COc2ccccc2C)cc1. The molecule has 0 radical (unpaired) electrons. The molecule has 0 bridgehead atoms. The lowest BCUT2D eigenvalue weighted by molar-refractivity contribution is -0.149. The maximum atomic E-state index is 11.8. The Bertz CT molecular complexity index is 785. The zero-order valence-electron chi connectivity index (χ0n) is 14.5. The monoisotopic (exact) mass is 357 g/mol. The third-order valence-corrected chi connectivity index (χ3v) is 3.39. The first kappa shape index (κ1) is 19.0. The first-order valence-electron chi connectivity index (χ1n) is 7.82. The Labute approximate surface area is 150 Å². The van der Waals surface area contributed by atoms with Crippen molar-refractivity contribution < 1.29 is 28.6 Å². The quantitative estimate of drug-likeness (QED) is 0.765. The van der Waals surface area contributed by atoms with Gasteiger partial charge in [0.25, 0.3) is 5.91 Å². The van der Waals surface area contributed by atoms with E-state index in [1.165, 1.54) is 19.2 Å². The Hall–Kier alpha value is -3.35. The van der Waals surface area contributed by atoms with E-state index in [0.717, 1.165) is 5.56 Å². The van der Waals surface area contributed by atoms with Gasteiger partial charge in [-0.1, -0.05) is 18.2 Å². The summed E-state index contributed by atoms with van der Waals surface area (Å²) in [5.41, 5.74) is 1.73.